The largest absolute Gasteiger partial charge is 0.452 e. The highest BCUT2D eigenvalue weighted by molar-refractivity contribution is 6.21. The van der Waals surface area contributed by atoms with Gasteiger partial charge in [0.1, 0.15) is 6.54 Å². The fourth-order valence-electron chi connectivity index (χ4n) is 2.45. The number of alkyl halides is 3. The number of ether oxygens (including phenoxy) is 2. The first-order chi connectivity index (χ1) is 13.1. The van der Waals surface area contributed by atoms with Gasteiger partial charge in [0.25, 0.3) is 17.7 Å². The third-order valence-corrected chi connectivity index (χ3v) is 3.76. The first kappa shape index (κ1) is 21.4. The molecule has 0 saturated heterocycles. The summed E-state index contributed by atoms with van der Waals surface area (Å²) in [5, 5.41) is 1.56. The molecule has 11 heteroatoms. The number of benzene rings is 1. The minimum atomic E-state index is -4.58. The maximum atomic E-state index is 12.4. The quantitative estimate of drug-likeness (QED) is 0.398. The molecule has 0 bridgehead atoms. The molecule has 1 aromatic rings. The SMILES string of the molecule is COCCCN1C(=O)c2ccc(C(=O)OCC(=O)NCC(F)(F)F)cc2C1=O. The van der Waals surface area contributed by atoms with Crippen molar-refractivity contribution in [3.05, 3.63) is 34.9 Å². The summed E-state index contributed by atoms with van der Waals surface area (Å²) in [4.78, 5) is 48.9. The summed E-state index contributed by atoms with van der Waals surface area (Å²) in [5.41, 5.74) is 0.0301. The number of methoxy groups -OCH3 is 1. The molecule has 8 nitrogen and oxygen atoms in total. The van der Waals surface area contributed by atoms with E-state index in [0.29, 0.717) is 13.0 Å². The zero-order valence-corrected chi connectivity index (χ0v) is 14.8. The monoisotopic (exact) mass is 402 g/mol. The maximum absolute atomic E-state index is 12.4. The second kappa shape index (κ2) is 8.83. The molecule has 0 saturated carbocycles. The minimum Gasteiger partial charge on any atom is -0.452 e. The first-order valence-electron chi connectivity index (χ1n) is 8.14. The second-order valence-electron chi connectivity index (χ2n) is 5.84. The molecule has 1 aromatic carbocycles. The van der Waals surface area contributed by atoms with Crippen LogP contribution in [0.5, 0.6) is 0 Å². The molecule has 2 rings (SSSR count). The van der Waals surface area contributed by atoms with Gasteiger partial charge in [0.15, 0.2) is 6.61 Å². The standard InChI is InChI=1S/C17H17F3N2O6/c1-27-6-2-5-22-14(24)11-4-3-10(7-12(11)15(22)25)16(26)28-8-13(23)21-9-17(18,19)20/h3-4,7H,2,5-6,8-9H2,1H3,(H,21,23). The fourth-order valence-corrected chi connectivity index (χ4v) is 2.45. The molecule has 1 heterocycles. The number of halogens is 3. The number of rotatable bonds is 8. The van der Waals surface area contributed by atoms with Crippen LogP contribution in [0.2, 0.25) is 0 Å². The number of carbonyl (C=O) groups excluding carboxylic acids is 4. The number of nitrogens with zero attached hydrogens (tertiary/aromatic N) is 1. The molecule has 1 aliphatic heterocycles. The van der Waals surface area contributed by atoms with E-state index in [0.717, 1.165) is 11.0 Å². The van der Waals surface area contributed by atoms with E-state index in [9.17, 15) is 32.3 Å². The van der Waals surface area contributed by atoms with E-state index in [1.54, 1.807) is 5.32 Å². The smallest absolute Gasteiger partial charge is 0.405 e. The van der Waals surface area contributed by atoms with Gasteiger partial charge < -0.3 is 14.8 Å². The van der Waals surface area contributed by atoms with Crippen molar-refractivity contribution in [3.63, 3.8) is 0 Å². The molecule has 0 fully saturated rings. The predicted octanol–water partition coefficient (Wildman–Crippen LogP) is 1.15. The van der Waals surface area contributed by atoms with Gasteiger partial charge in [-0.25, -0.2) is 4.79 Å². The summed E-state index contributed by atoms with van der Waals surface area (Å²) in [6.07, 6.45) is -4.13. The zero-order chi connectivity index (χ0) is 20.9. The average molecular weight is 402 g/mol. The van der Waals surface area contributed by atoms with Gasteiger partial charge in [-0.3, -0.25) is 19.3 Å². The van der Waals surface area contributed by atoms with Crippen molar-refractivity contribution in [1.29, 1.82) is 0 Å². The normalized spacial score (nSPS) is 13.5. The second-order valence-corrected chi connectivity index (χ2v) is 5.84. The lowest BCUT2D eigenvalue weighted by Crippen LogP contribution is -2.36. The fraction of sp³-hybridized carbons (Fsp3) is 0.412. The highest BCUT2D eigenvalue weighted by Crippen LogP contribution is 2.24. The Morgan fingerprint density at radius 3 is 2.46 bits per heavy atom. The average Bonchev–Trinajstić information content (AvgIpc) is 2.88. The maximum Gasteiger partial charge on any atom is 0.405 e. The summed E-state index contributed by atoms with van der Waals surface area (Å²) in [6, 6.07) is 3.67. The summed E-state index contributed by atoms with van der Waals surface area (Å²) < 4.78 is 45.6. The summed E-state index contributed by atoms with van der Waals surface area (Å²) in [7, 11) is 1.49. The molecule has 0 atom stereocenters. The van der Waals surface area contributed by atoms with Gasteiger partial charge in [-0.1, -0.05) is 0 Å². The highest BCUT2D eigenvalue weighted by atomic mass is 19.4. The molecule has 152 valence electrons. The van der Waals surface area contributed by atoms with Gasteiger partial charge in [-0.05, 0) is 24.6 Å². The third-order valence-electron chi connectivity index (χ3n) is 3.76. The Balaban J connectivity index is 1.99. The van der Waals surface area contributed by atoms with Crippen LogP contribution in [0.15, 0.2) is 18.2 Å². The van der Waals surface area contributed by atoms with Gasteiger partial charge in [-0.15, -0.1) is 0 Å². The van der Waals surface area contributed by atoms with Crippen molar-refractivity contribution in [2.75, 3.05) is 33.4 Å². The highest BCUT2D eigenvalue weighted by Gasteiger charge is 2.35. The molecule has 0 unspecified atom stereocenters. The van der Waals surface area contributed by atoms with Gasteiger partial charge in [-0.2, -0.15) is 13.2 Å². The topological polar surface area (TPSA) is 102 Å². The Hall–Kier alpha value is -2.95. The molecule has 28 heavy (non-hydrogen) atoms. The number of imide groups is 1. The lowest BCUT2D eigenvalue weighted by Gasteiger charge is -2.12. The number of nitrogens with one attached hydrogen (secondary N) is 1. The minimum absolute atomic E-state index is 0.0124. The van der Waals surface area contributed by atoms with Gasteiger partial charge in [0.2, 0.25) is 0 Å². The van der Waals surface area contributed by atoms with Gasteiger partial charge in [0.05, 0.1) is 16.7 Å². The van der Waals surface area contributed by atoms with Gasteiger partial charge >= 0.3 is 12.1 Å². The van der Waals surface area contributed by atoms with Crippen molar-refractivity contribution in [2.24, 2.45) is 0 Å². The predicted molar refractivity (Wildman–Crippen MR) is 87.6 cm³/mol. The molecule has 1 aliphatic rings. The lowest BCUT2D eigenvalue weighted by molar-refractivity contribution is -0.140. The van der Waals surface area contributed by atoms with Crippen LogP contribution in [0.4, 0.5) is 13.2 Å². The number of hydrogen-bond acceptors (Lipinski definition) is 6. The lowest BCUT2D eigenvalue weighted by atomic mass is 10.1. The van der Waals surface area contributed by atoms with Crippen LogP contribution in [0.1, 0.15) is 37.5 Å². The van der Waals surface area contributed by atoms with E-state index in [1.165, 1.54) is 19.2 Å². The summed E-state index contributed by atoms with van der Waals surface area (Å²) >= 11 is 0. The number of amides is 3. The van der Waals surface area contributed by atoms with Crippen LogP contribution in [0, 0.1) is 0 Å². The van der Waals surface area contributed by atoms with E-state index in [4.69, 9.17) is 4.74 Å². The first-order valence-corrected chi connectivity index (χ1v) is 8.14. The molecule has 0 spiro atoms. The molecular weight excluding hydrogens is 385 g/mol. The number of fused-ring (bicyclic) bond motifs is 1. The molecular formula is C17H17F3N2O6. The number of esters is 1. The zero-order valence-electron chi connectivity index (χ0n) is 14.8. The Kier molecular flexibility index (Phi) is 6.73. The van der Waals surface area contributed by atoms with E-state index in [2.05, 4.69) is 4.74 Å². The van der Waals surface area contributed by atoms with E-state index in [1.807, 2.05) is 0 Å². The van der Waals surface area contributed by atoms with Crippen molar-refractivity contribution in [3.8, 4) is 0 Å². The van der Waals surface area contributed by atoms with Crippen molar-refractivity contribution >= 4 is 23.7 Å². The molecule has 3 amide bonds. The van der Waals surface area contributed by atoms with Crippen molar-refractivity contribution in [2.45, 2.75) is 12.6 Å². The Bertz CT molecular complexity index is 794. The molecule has 0 aromatic heterocycles. The number of carbonyl (C=O) groups is 4. The third kappa shape index (κ3) is 5.28. The summed E-state index contributed by atoms with van der Waals surface area (Å²) in [6.45, 7) is -1.94. The van der Waals surface area contributed by atoms with Crippen LogP contribution >= 0.6 is 0 Å². The van der Waals surface area contributed by atoms with Crippen LogP contribution < -0.4 is 5.32 Å². The van der Waals surface area contributed by atoms with E-state index < -0.39 is 43.0 Å². The van der Waals surface area contributed by atoms with Crippen molar-refractivity contribution < 1.29 is 41.8 Å². The van der Waals surface area contributed by atoms with Crippen LogP contribution in [-0.2, 0) is 14.3 Å². The van der Waals surface area contributed by atoms with E-state index >= 15 is 0 Å². The molecule has 0 radical (unpaired) electrons. The Labute approximate surface area is 157 Å². The number of hydrogen-bond donors (Lipinski definition) is 1. The van der Waals surface area contributed by atoms with Crippen LogP contribution in [-0.4, -0.2) is 68.2 Å². The van der Waals surface area contributed by atoms with E-state index in [-0.39, 0.29) is 23.2 Å². The van der Waals surface area contributed by atoms with Crippen LogP contribution in [0.3, 0.4) is 0 Å². The molecule has 0 aliphatic carbocycles. The molecule has 1 N–H and O–H groups in total. The Morgan fingerprint density at radius 1 is 1.14 bits per heavy atom. The van der Waals surface area contributed by atoms with Crippen LogP contribution in [0.25, 0.3) is 0 Å². The summed E-state index contributed by atoms with van der Waals surface area (Å²) in [5.74, 6) is -3.21. The van der Waals surface area contributed by atoms with Gasteiger partial charge in [0, 0.05) is 20.3 Å². The van der Waals surface area contributed by atoms with Crippen molar-refractivity contribution in [1.82, 2.24) is 10.2 Å². The Morgan fingerprint density at radius 2 is 1.82 bits per heavy atom.